The van der Waals surface area contributed by atoms with E-state index in [-0.39, 0.29) is 0 Å². The Labute approximate surface area is 75.5 Å². The molecule has 1 heterocycles. The largest absolute Gasteiger partial charge is 0.464 e. The van der Waals surface area contributed by atoms with E-state index >= 15 is 0 Å². The van der Waals surface area contributed by atoms with E-state index in [9.17, 15) is 4.79 Å². The molecule has 13 heavy (non-hydrogen) atoms. The van der Waals surface area contributed by atoms with Crippen LogP contribution in [0.2, 0.25) is 0 Å². The highest BCUT2D eigenvalue weighted by Gasteiger charge is 2.28. The van der Waals surface area contributed by atoms with Crippen LogP contribution < -0.4 is 0 Å². The van der Waals surface area contributed by atoms with Crippen molar-refractivity contribution in [1.82, 2.24) is 15.4 Å². The van der Waals surface area contributed by atoms with Crippen molar-refractivity contribution in [3.8, 4) is 0 Å². The molecule has 0 saturated heterocycles. The zero-order valence-corrected chi connectivity index (χ0v) is 7.41. The monoisotopic (exact) mass is 181 g/mol. The zero-order valence-electron chi connectivity index (χ0n) is 7.41. The van der Waals surface area contributed by atoms with Crippen LogP contribution in [0.15, 0.2) is 0 Å². The lowest BCUT2D eigenvalue weighted by Gasteiger charge is -2.23. The molecule has 0 unspecified atom stereocenters. The van der Waals surface area contributed by atoms with Gasteiger partial charge in [-0.3, -0.25) is 0 Å². The number of ether oxygens (including phenoxy) is 1. The van der Waals surface area contributed by atoms with Gasteiger partial charge in [0.05, 0.1) is 7.11 Å². The predicted molar refractivity (Wildman–Crippen MR) is 44.3 cm³/mol. The first-order valence-corrected chi connectivity index (χ1v) is 4.32. The SMILES string of the molecule is COC(=O)c1n[nH]nc1C1CCC1. The molecule has 1 aromatic rings. The molecule has 0 radical (unpaired) electrons. The first kappa shape index (κ1) is 8.22. The molecule has 1 aromatic heterocycles. The molecule has 0 aromatic carbocycles. The maximum Gasteiger partial charge on any atom is 0.360 e. The number of rotatable bonds is 2. The van der Waals surface area contributed by atoms with Gasteiger partial charge in [-0.15, -0.1) is 5.10 Å². The molecule has 5 nitrogen and oxygen atoms in total. The van der Waals surface area contributed by atoms with Crippen LogP contribution in [0, 0.1) is 0 Å². The summed E-state index contributed by atoms with van der Waals surface area (Å²) >= 11 is 0. The lowest BCUT2D eigenvalue weighted by atomic mass is 9.82. The number of H-pyrrole nitrogens is 1. The minimum atomic E-state index is -0.407. The van der Waals surface area contributed by atoms with Gasteiger partial charge in [-0.2, -0.15) is 10.3 Å². The van der Waals surface area contributed by atoms with Gasteiger partial charge >= 0.3 is 5.97 Å². The van der Waals surface area contributed by atoms with Crippen molar-refractivity contribution in [1.29, 1.82) is 0 Å². The molecule has 0 bridgehead atoms. The van der Waals surface area contributed by atoms with E-state index in [0.717, 1.165) is 18.5 Å². The maximum absolute atomic E-state index is 11.2. The summed E-state index contributed by atoms with van der Waals surface area (Å²) in [7, 11) is 1.35. The number of nitrogens with zero attached hydrogens (tertiary/aromatic N) is 2. The molecule has 2 rings (SSSR count). The van der Waals surface area contributed by atoms with Crippen LogP contribution in [-0.2, 0) is 4.74 Å². The van der Waals surface area contributed by atoms with Gasteiger partial charge < -0.3 is 4.74 Å². The lowest BCUT2D eigenvalue weighted by Crippen LogP contribution is -2.14. The van der Waals surface area contributed by atoms with Crippen molar-refractivity contribution in [2.24, 2.45) is 0 Å². The van der Waals surface area contributed by atoms with Crippen LogP contribution in [0.3, 0.4) is 0 Å². The molecular weight excluding hydrogens is 170 g/mol. The highest BCUT2D eigenvalue weighted by Crippen LogP contribution is 2.36. The fraction of sp³-hybridized carbons (Fsp3) is 0.625. The standard InChI is InChI=1S/C8H11N3O2/c1-13-8(12)7-6(9-11-10-7)5-3-2-4-5/h5H,2-4H2,1H3,(H,9,10,11). The van der Waals surface area contributed by atoms with Crippen LogP contribution in [0.5, 0.6) is 0 Å². The molecule has 0 amide bonds. The molecule has 0 aliphatic heterocycles. The Morgan fingerprint density at radius 3 is 2.85 bits per heavy atom. The third kappa shape index (κ3) is 1.30. The first-order valence-electron chi connectivity index (χ1n) is 4.32. The summed E-state index contributed by atoms with van der Waals surface area (Å²) in [6.07, 6.45) is 3.39. The van der Waals surface area contributed by atoms with E-state index in [0.29, 0.717) is 11.6 Å². The second-order valence-corrected chi connectivity index (χ2v) is 3.18. The summed E-state index contributed by atoms with van der Waals surface area (Å²) in [5, 5.41) is 10.2. The number of methoxy groups -OCH3 is 1. The summed E-state index contributed by atoms with van der Waals surface area (Å²) in [6.45, 7) is 0. The van der Waals surface area contributed by atoms with Gasteiger partial charge in [0.15, 0.2) is 5.69 Å². The maximum atomic E-state index is 11.2. The Kier molecular flexibility index (Phi) is 2.00. The van der Waals surface area contributed by atoms with Gasteiger partial charge in [-0.1, -0.05) is 6.42 Å². The zero-order chi connectivity index (χ0) is 9.26. The average Bonchev–Trinajstić information content (AvgIpc) is 2.49. The number of hydrogen-bond donors (Lipinski definition) is 1. The van der Waals surface area contributed by atoms with Crippen LogP contribution in [0.4, 0.5) is 0 Å². The molecule has 5 heteroatoms. The predicted octanol–water partition coefficient (Wildman–Crippen LogP) is 0.859. The van der Waals surface area contributed by atoms with Crippen molar-refractivity contribution in [2.75, 3.05) is 7.11 Å². The Morgan fingerprint density at radius 1 is 1.54 bits per heavy atom. The number of esters is 1. The number of aromatic amines is 1. The van der Waals surface area contributed by atoms with Crippen molar-refractivity contribution in [3.05, 3.63) is 11.4 Å². The van der Waals surface area contributed by atoms with Crippen LogP contribution in [0.1, 0.15) is 41.4 Å². The normalized spacial score (nSPS) is 16.7. The fourth-order valence-corrected chi connectivity index (χ4v) is 1.45. The molecule has 0 atom stereocenters. The minimum absolute atomic E-state index is 0.340. The number of nitrogens with one attached hydrogen (secondary N) is 1. The van der Waals surface area contributed by atoms with Crippen molar-refractivity contribution in [3.63, 3.8) is 0 Å². The highest BCUT2D eigenvalue weighted by molar-refractivity contribution is 5.88. The number of carbonyl (C=O) groups excluding carboxylic acids is 1. The van der Waals surface area contributed by atoms with Gasteiger partial charge in [0, 0.05) is 5.92 Å². The van der Waals surface area contributed by atoms with Gasteiger partial charge in [-0.25, -0.2) is 4.79 Å². The van der Waals surface area contributed by atoms with Crippen LogP contribution >= 0.6 is 0 Å². The number of carbonyl (C=O) groups is 1. The van der Waals surface area contributed by atoms with Gasteiger partial charge in [0.25, 0.3) is 0 Å². The topological polar surface area (TPSA) is 67.9 Å². The summed E-state index contributed by atoms with van der Waals surface area (Å²) < 4.78 is 4.59. The molecule has 70 valence electrons. The average molecular weight is 181 g/mol. The molecule has 1 aliphatic rings. The Hall–Kier alpha value is -1.39. The fourth-order valence-electron chi connectivity index (χ4n) is 1.45. The van der Waals surface area contributed by atoms with Crippen molar-refractivity contribution < 1.29 is 9.53 Å². The van der Waals surface area contributed by atoms with E-state index < -0.39 is 5.97 Å². The van der Waals surface area contributed by atoms with E-state index in [2.05, 4.69) is 20.1 Å². The highest BCUT2D eigenvalue weighted by atomic mass is 16.5. The second-order valence-electron chi connectivity index (χ2n) is 3.18. The number of aromatic nitrogens is 3. The molecule has 1 saturated carbocycles. The van der Waals surface area contributed by atoms with E-state index in [4.69, 9.17) is 0 Å². The quantitative estimate of drug-likeness (QED) is 0.687. The number of hydrogen-bond acceptors (Lipinski definition) is 4. The van der Waals surface area contributed by atoms with E-state index in [1.54, 1.807) is 0 Å². The molecule has 1 fully saturated rings. The van der Waals surface area contributed by atoms with E-state index in [1.165, 1.54) is 13.5 Å². The van der Waals surface area contributed by atoms with Crippen LogP contribution in [-0.4, -0.2) is 28.5 Å². The minimum Gasteiger partial charge on any atom is -0.464 e. The molecule has 1 N–H and O–H groups in total. The molecule has 0 spiro atoms. The molecule has 1 aliphatic carbocycles. The molecular formula is C8H11N3O2. The van der Waals surface area contributed by atoms with Crippen LogP contribution in [0.25, 0.3) is 0 Å². The summed E-state index contributed by atoms with van der Waals surface area (Å²) in [6, 6.07) is 0. The van der Waals surface area contributed by atoms with Gasteiger partial charge in [0.2, 0.25) is 0 Å². The van der Waals surface area contributed by atoms with Gasteiger partial charge in [0.1, 0.15) is 5.69 Å². The Balaban J connectivity index is 2.24. The summed E-state index contributed by atoms with van der Waals surface area (Å²) in [5.74, 6) is -0.0106. The third-order valence-corrected chi connectivity index (χ3v) is 2.45. The Bertz CT molecular complexity index is 317. The van der Waals surface area contributed by atoms with E-state index in [1.807, 2.05) is 0 Å². The second kappa shape index (κ2) is 3.16. The Morgan fingerprint density at radius 2 is 2.31 bits per heavy atom. The van der Waals surface area contributed by atoms with Gasteiger partial charge in [-0.05, 0) is 12.8 Å². The smallest absolute Gasteiger partial charge is 0.360 e. The lowest BCUT2D eigenvalue weighted by molar-refractivity contribution is 0.0591. The summed E-state index contributed by atoms with van der Waals surface area (Å²) in [4.78, 5) is 11.2. The van der Waals surface area contributed by atoms with Crippen molar-refractivity contribution >= 4 is 5.97 Å². The van der Waals surface area contributed by atoms with Crippen molar-refractivity contribution in [2.45, 2.75) is 25.2 Å². The third-order valence-electron chi connectivity index (χ3n) is 2.45. The summed E-state index contributed by atoms with van der Waals surface area (Å²) in [5.41, 5.74) is 1.10. The first-order chi connectivity index (χ1) is 6.33.